The Morgan fingerprint density at radius 1 is 1.41 bits per heavy atom. The first kappa shape index (κ1) is 13.4. The van der Waals surface area contributed by atoms with Gasteiger partial charge in [0.25, 0.3) is 5.91 Å². The van der Waals surface area contributed by atoms with Gasteiger partial charge < -0.3 is 10.3 Å². The van der Waals surface area contributed by atoms with E-state index in [9.17, 15) is 4.79 Å². The second kappa shape index (κ2) is 6.80. The van der Waals surface area contributed by atoms with E-state index in [1.807, 2.05) is 6.92 Å². The fourth-order valence-corrected chi connectivity index (χ4v) is 1.44. The molecule has 0 aliphatic carbocycles. The van der Waals surface area contributed by atoms with Gasteiger partial charge in [-0.15, -0.1) is 10.2 Å². The lowest BCUT2D eigenvalue weighted by Crippen LogP contribution is -2.32. The summed E-state index contributed by atoms with van der Waals surface area (Å²) in [6.07, 6.45) is 2.06. The predicted octanol–water partition coefficient (Wildman–Crippen LogP) is 1.02. The maximum atomic E-state index is 12.1. The fourth-order valence-electron chi connectivity index (χ4n) is 1.44. The van der Waals surface area contributed by atoms with E-state index in [0.717, 1.165) is 19.4 Å². The molecule has 3 N–H and O–H groups in total. The van der Waals surface area contributed by atoms with Gasteiger partial charge in [-0.25, -0.2) is 5.84 Å². The summed E-state index contributed by atoms with van der Waals surface area (Å²) in [5, 5.41) is 7.62. The minimum Gasteiger partial charge on any atom is -0.338 e. The van der Waals surface area contributed by atoms with Crippen LogP contribution in [0.15, 0.2) is 12.1 Å². The van der Waals surface area contributed by atoms with Crippen LogP contribution in [0.3, 0.4) is 0 Å². The molecular formula is C11H19N5O. The molecule has 0 spiro atoms. The lowest BCUT2D eigenvalue weighted by molar-refractivity contribution is 0.0755. The van der Waals surface area contributed by atoms with Crippen LogP contribution in [-0.4, -0.2) is 34.1 Å². The standard InChI is InChI=1S/C11H19N5O/c1-3-5-8-16(4-2)11(17)9-6-7-10(13-12)15-14-9/h6-7H,3-5,8,12H2,1-2H3,(H,13,15). The number of carbonyl (C=O) groups is 1. The van der Waals surface area contributed by atoms with Crippen LogP contribution in [-0.2, 0) is 0 Å². The maximum Gasteiger partial charge on any atom is 0.274 e. The van der Waals surface area contributed by atoms with E-state index in [1.165, 1.54) is 0 Å². The number of hydrogen-bond acceptors (Lipinski definition) is 5. The quantitative estimate of drug-likeness (QED) is 0.570. The number of unbranched alkanes of at least 4 members (excludes halogenated alkanes) is 1. The lowest BCUT2D eigenvalue weighted by atomic mass is 10.2. The van der Waals surface area contributed by atoms with Crippen LogP contribution in [0.5, 0.6) is 0 Å². The normalized spacial score (nSPS) is 10.1. The van der Waals surface area contributed by atoms with E-state index in [0.29, 0.717) is 18.1 Å². The van der Waals surface area contributed by atoms with E-state index in [1.54, 1.807) is 17.0 Å². The largest absolute Gasteiger partial charge is 0.338 e. The lowest BCUT2D eigenvalue weighted by Gasteiger charge is -2.19. The van der Waals surface area contributed by atoms with Gasteiger partial charge in [-0.05, 0) is 25.5 Å². The zero-order valence-corrected chi connectivity index (χ0v) is 10.3. The maximum absolute atomic E-state index is 12.1. The number of nitrogens with zero attached hydrogens (tertiary/aromatic N) is 3. The third-order valence-electron chi connectivity index (χ3n) is 2.48. The Bertz CT molecular complexity index is 351. The summed E-state index contributed by atoms with van der Waals surface area (Å²) in [7, 11) is 0. The molecule has 1 rings (SSSR count). The first-order valence-electron chi connectivity index (χ1n) is 5.82. The Balaban J connectivity index is 2.71. The Hall–Kier alpha value is -1.69. The average molecular weight is 237 g/mol. The van der Waals surface area contributed by atoms with Crippen molar-refractivity contribution in [2.45, 2.75) is 26.7 Å². The highest BCUT2D eigenvalue weighted by molar-refractivity contribution is 5.92. The summed E-state index contributed by atoms with van der Waals surface area (Å²) in [6, 6.07) is 3.26. The van der Waals surface area contributed by atoms with Gasteiger partial charge in [0.1, 0.15) is 0 Å². The molecule has 0 fully saturated rings. The number of nitrogens with two attached hydrogens (primary N) is 1. The fraction of sp³-hybridized carbons (Fsp3) is 0.545. The first-order chi connectivity index (χ1) is 8.22. The number of hydrazine groups is 1. The van der Waals surface area contributed by atoms with Gasteiger partial charge in [-0.3, -0.25) is 4.79 Å². The zero-order chi connectivity index (χ0) is 12.7. The minimum atomic E-state index is -0.0861. The van der Waals surface area contributed by atoms with Crippen molar-refractivity contribution in [1.29, 1.82) is 0 Å². The van der Waals surface area contributed by atoms with Crippen molar-refractivity contribution < 1.29 is 4.79 Å². The highest BCUT2D eigenvalue weighted by atomic mass is 16.2. The molecule has 6 nitrogen and oxygen atoms in total. The van der Waals surface area contributed by atoms with E-state index < -0.39 is 0 Å². The van der Waals surface area contributed by atoms with Crippen LogP contribution < -0.4 is 11.3 Å². The third kappa shape index (κ3) is 3.67. The summed E-state index contributed by atoms with van der Waals surface area (Å²) in [5.74, 6) is 5.54. The molecule has 1 heterocycles. The number of rotatable bonds is 6. The molecule has 1 aromatic heterocycles. The van der Waals surface area contributed by atoms with Crippen LogP contribution in [0.4, 0.5) is 5.82 Å². The summed E-state index contributed by atoms with van der Waals surface area (Å²) in [6.45, 7) is 5.48. The SMILES string of the molecule is CCCCN(CC)C(=O)c1ccc(NN)nn1. The molecular weight excluding hydrogens is 218 g/mol. The predicted molar refractivity (Wildman–Crippen MR) is 66.3 cm³/mol. The second-order valence-corrected chi connectivity index (χ2v) is 3.69. The molecule has 0 aliphatic heterocycles. The Morgan fingerprint density at radius 2 is 2.18 bits per heavy atom. The molecule has 0 unspecified atom stereocenters. The third-order valence-corrected chi connectivity index (χ3v) is 2.48. The molecule has 0 saturated carbocycles. The second-order valence-electron chi connectivity index (χ2n) is 3.69. The molecule has 0 radical (unpaired) electrons. The van der Waals surface area contributed by atoms with Gasteiger partial charge in [0.05, 0.1) is 0 Å². The van der Waals surface area contributed by atoms with Gasteiger partial charge >= 0.3 is 0 Å². The monoisotopic (exact) mass is 237 g/mol. The van der Waals surface area contributed by atoms with Gasteiger partial charge in [-0.1, -0.05) is 13.3 Å². The van der Waals surface area contributed by atoms with Crippen molar-refractivity contribution >= 4 is 11.7 Å². The number of carbonyl (C=O) groups excluding carboxylic acids is 1. The Labute approximate surface area is 101 Å². The molecule has 1 aromatic rings. The number of amides is 1. The average Bonchev–Trinajstić information content (AvgIpc) is 2.39. The minimum absolute atomic E-state index is 0.0861. The van der Waals surface area contributed by atoms with Crippen LogP contribution >= 0.6 is 0 Å². The first-order valence-corrected chi connectivity index (χ1v) is 5.82. The topological polar surface area (TPSA) is 84.1 Å². The Kier molecular flexibility index (Phi) is 5.35. The smallest absolute Gasteiger partial charge is 0.274 e. The summed E-state index contributed by atoms with van der Waals surface area (Å²) in [4.78, 5) is 13.8. The number of hydrogen-bond donors (Lipinski definition) is 2. The Morgan fingerprint density at radius 3 is 2.65 bits per heavy atom. The molecule has 0 saturated heterocycles. The molecule has 6 heteroatoms. The zero-order valence-electron chi connectivity index (χ0n) is 10.3. The summed E-state index contributed by atoms with van der Waals surface area (Å²) in [5.41, 5.74) is 2.72. The van der Waals surface area contributed by atoms with E-state index >= 15 is 0 Å². The van der Waals surface area contributed by atoms with Crippen molar-refractivity contribution in [1.82, 2.24) is 15.1 Å². The number of nitrogen functional groups attached to an aromatic ring is 1. The molecule has 0 aliphatic rings. The van der Waals surface area contributed by atoms with E-state index in [4.69, 9.17) is 5.84 Å². The number of aromatic nitrogens is 2. The van der Waals surface area contributed by atoms with Crippen LogP contribution in [0.2, 0.25) is 0 Å². The van der Waals surface area contributed by atoms with Gasteiger partial charge in [0.2, 0.25) is 0 Å². The summed E-state index contributed by atoms with van der Waals surface area (Å²) < 4.78 is 0. The van der Waals surface area contributed by atoms with Crippen LogP contribution in [0.1, 0.15) is 37.2 Å². The van der Waals surface area contributed by atoms with Gasteiger partial charge in [0, 0.05) is 13.1 Å². The molecule has 17 heavy (non-hydrogen) atoms. The van der Waals surface area contributed by atoms with Gasteiger partial charge in [0.15, 0.2) is 11.5 Å². The van der Waals surface area contributed by atoms with Crippen molar-refractivity contribution in [3.63, 3.8) is 0 Å². The number of anilines is 1. The summed E-state index contributed by atoms with van der Waals surface area (Å²) >= 11 is 0. The highest BCUT2D eigenvalue weighted by Gasteiger charge is 2.15. The molecule has 0 aromatic carbocycles. The van der Waals surface area contributed by atoms with Crippen molar-refractivity contribution in [3.8, 4) is 0 Å². The molecule has 94 valence electrons. The van der Waals surface area contributed by atoms with Crippen molar-refractivity contribution in [2.75, 3.05) is 18.5 Å². The van der Waals surface area contributed by atoms with Crippen LogP contribution in [0.25, 0.3) is 0 Å². The van der Waals surface area contributed by atoms with Gasteiger partial charge in [-0.2, -0.15) is 0 Å². The highest BCUT2D eigenvalue weighted by Crippen LogP contribution is 2.05. The molecule has 0 bridgehead atoms. The van der Waals surface area contributed by atoms with Crippen molar-refractivity contribution in [3.05, 3.63) is 17.8 Å². The number of nitrogens with one attached hydrogen (secondary N) is 1. The van der Waals surface area contributed by atoms with E-state index in [2.05, 4.69) is 22.5 Å². The molecule has 1 amide bonds. The molecule has 0 atom stereocenters. The van der Waals surface area contributed by atoms with Crippen LogP contribution in [0, 0.1) is 0 Å². The van der Waals surface area contributed by atoms with Crippen molar-refractivity contribution in [2.24, 2.45) is 5.84 Å². The van der Waals surface area contributed by atoms with E-state index in [-0.39, 0.29) is 5.91 Å².